The third kappa shape index (κ3) is 4.90. The van der Waals surface area contributed by atoms with Gasteiger partial charge in [0.25, 0.3) is 0 Å². The van der Waals surface area contributed by atoms with Gasteiger partial charge in [-0.3, -0.25) is 0 Å². The third-order valence-electron chi connectivity index (χ3n) is 3.42. The first-order valence-corrected chi connectivity index (χ1v) is 6.61. The molecule has 0 aliphatic carbocycles. The minimum Gasteiger partial charge on any atom is -0.390 e. The molecule has 0 spiro atoms. The maximum atomic E-state index is 9.07. The summed E-state index contributed by atoms with van der Waals surface area (Å²) < 4.78 is 9.53. The minimum absolute atomic E-state index is 0.183. The zero-order valence-electron chi connectivity index (χ0n) is 11.5. The zero-order chi connectivity index (χ0) is 15.4. The van der Waals surface area contributed by atoms with Gasteiger partial charge in [0.2, 0.25) is 0 Å². The zero-order valence-corrected chi connectivity index (χ0v) is 11.5. The summed E-state index contributed by atoms with van der Waals surface area (Å²) >= 11 is 0. The lowest BCUT2D eigenvalue weighted by Gasteiger charge is -2.32. The van der Waals surface area contributed by atoms with Crippen LogP contribution in [0.4, 0.5) is 0 Å². The topological polar surface area (TPSA) is 140 Å². The van der Waals surface area contributed by atoms with Crippen LogP contribution in [0.2, 0.25) is 0 Å². The highest BCUT2D eigenvalue weighted by atomic mass is 16.6. The lowest BCUT2D eigenvalue weighted by atomic mass is 10.0. The molecule has 0 aromatic rings. The van der Waals surface area contributed by atoms with Gasteiger partial charge in [0.1, 0.15) is 12.2 Å². The molecule has 120 valence electrons. The number of rotatable bonds is 0. The normalized spacial score (nSPS) is 49.2. The standard InChI is InChI=1S/2C6H12O4/c2*1-3-4(7)2-5(8)6(9)10-3/h2*3-9H,2H2,1H3/t2*3-,4+,5+,6-/m11/s1. The predicted molar refractivity (Wildman–Crippen MR) is 66.4 cm³/mol. The molecule has 0 aromatic carbocycles. The molecule has 2 aliphatic heterocycles. The van der Waals surface area contributed by atoms with Gasteiger partial charge < -0.3 is 40.1 Å². The molecule has 0 unspecified atom stereocenters. The van der Waals surface area contributed by atoms with Crippen LogP contribution in [0.5, 0.6) is 0 Å². The van der Waals surface area contributed by atoms with Gasteiger partial charge in [-0.2, -0.15) is 0 Å². The van der Waals surface area contributed by atoms with Crippen molar-refractivity contribution < 1.29 is 40.1 Å². The Balaban J connectivity index is 0.000000200. The second kappa shape index (κ2) is 7.62. The van der Waals surface area contributed by atoms with Crippen molar-refractivity contribution in [3.8, 4) is 0 Å². The monoisotopic (exact) mass is 296 g/mol. The largest absolute Gasteiger partial charge is 0.390 e. The van der Waals surface area contributed by atoms with Gasteiger partial charge in [0.05, 0.1) is 24.4 Å². The summed E-state index contributed by atoms with van der Waals surface area (Å²) in [5.74, 6) is 0. The van der Waals surface area contributed by atoms with Gasteiger partial charge in [0.15, 0.2) is 12.6 Å². The van der Waals surface area contributed by atoms with Gasteiger partial charge in [0, 0.05) is 12.8 Å². The maximum absolute atomic E-state index is 9.07. The van der Waals surface area contributed by atoms with E-state index in [9.17, 15) is 0 Å². The van der Waals surface area contributed by atoms with E-state index in [1.165, 1.54) is 0 Å². The highest BCUT2D eigenvalue weighted by molar-refractivity contribution is 4.77. The van der Waals surface area contributed by atoms with E-state index < -0.39 is 49.2 Å². The van der Waals surface area contributed by atoms with Crippen LogP contribution in [-0.2, 0) is 9.47 Å². The van der Waals surface area contributed by atoms with Crippen LogP contribution < -0.4 is 0 Å². The summed E-state index contributed by atoms with van der Waals surface area (Å²) in [6, 6.07) is 0. The lowest BCUT2D eigenvalue weighted by Crippen LogP contribution is -2.45. The van der Waals surface area contributed by atoms with Crippen molar-refractivity contribution in [2.24, 2.45) is 0 Å². The SMILES string of the molecule is C[C@H]1O[C@@H](O)[C@@H](O)C[C@@H]1O.C[C@H]1O[C@@H](O)[C@@H](O)C[C@@H]1O. The Kier molecular flexibility index (Phi) is 6.76. The molecular formula is C12H24O8. The van der Waals surface area contributed by atoms with Gasteiger partial charge in [-0.1, -0.05) is 0 Å². The molecule has 2 heterocycles. The fourth-order valence-corrected chi connectivity index (χ4v) is 1.91. The Morgan fingerprint density at radius 2 is 0.900 bits per heavy atom. The summed E-state index contributed by atoms with van der Waals surface area (Å²) in [5.41, 5.74) is 0. The average molecular weight is 296 g/mol. The summed E-state index contributed by atoms with van der Waals surface area (Å²) in [7, 11) is 0. The highest BCUT2D eigenvalue weighted by Crippen LogP contribution is 2.18. The molecule has 0 bridgehead atoms. The van der Waals surface area contributed by atoms with Crippen molar-refractivity contribution in [1.29, 1.82) is 0 Å². The Bertz CT molecular complexity index is 209. The summed E-state index contributed by atoms with van der Waals surface area (Å²) in [4.78, 5) is 0. The summed E-state index contributed by atoms with van der Waals surface area (Å²) in [6.45, 7) is 3.31. The van der Waals surface area contributed by atoms with E-state index >= 15 is 0 Å². The Labute approximate surface area is 117 Å². The molecule has 2 saturated heterocycles. The molecule has 0 radical (unpaired) electrons. The van der Waals surface area contributed by atoms with Crippen LogP contribution in [0.25, 0.3) is 0 Å². The molecule has 8 atom stereocenters. The molecule has 8 nitrogen and oxygen atoms in total. The van der Waals surface area contributed by atoms with Crippen LogP contribution in [0.1, 0.15) is 26.7 Å². The summed E-state index contributed by atoms with van der Waals surface area (Å²) in [6.07, 6.45) is -5.94. The van der Waals surface area contributed by atoms with Crippen LogP contribution in [0, 0.1) is 0 Å². The lowest BCUT2D eigenvalue weighted by molar-refractivity contribution is -0.240. The highest BCUT2D eigenvalue weighted by Gasteiger charge is 2.32. The van der Waals surface area contributed by atoms with Crippen molar-refractivity contribution in [2.75, 3.05) is 0 Å². The van der Waals surface area contributed by atoms with E-state index in [4.69, 9.17) is 40.1 Å². The van der Waals surface area contributed by atoms with Crippen LogP contribution in [0.3, 0.4) is 0 Å². The molecular weight excluding hydrogens is 272 g/mol. The van der Waals surface area contributed by atoms with Gasteiger partial charge >= 0.3 is 0 Å². The van der Waals surface area contributed by atoms with Crippen LogP contribution >= 0.6 is 0 Å². The van der Waals surface area contributed by atoms with E-state index in [1.807, 2.05) is 0 Å². The second-order valence-electron chi connectivity index (χ2n) is 5.20. The van der Waals surface area contributed by atoms with Crippen LogP contribution in [0.15, 0.2) is 0 Å². The molecule has 20 heavy (non-hydrogen) atoms. The van der Waals surface area contributed by atoms with Crippen molar-refractivity contribution in [3.05, 3.63) is 0 Å². The van der Waals surface area contributed by atoms with E-state index in [-0.39, 0.29) is 12.8 Å². The summed E-state index contributed by atoms with van der Waals surface area (Å²) in [5, 5.41) is 53.8. The molecule has 2 fully saturated rings. The molecule has 0 aromatic heterocycles. The molecule has 8 heteroatoms. The van der Waals surface area contributed by atoms with Crippen molar-refractivity contribution in [2.45, 2.75) is 75.9 Å². The second-order valence-corrected chi connectivity index (χ2v) is 5.20. The number of hydrogen-bond acceptors (Lipinski definition) is 8. The molecule has 0 amide bonds. The van der Waals surface area contributed by atoms with E-state index in [2.05, 4.69) is 0 Å². The third-order valence-corrected chi connectivity index (χ3v) is 3.42. The van der Waals surface area contributed by atoms with Crippen molar-refractivity contribution >= 4 is 0 Å². The predicted octanol–water partition coefficient (Wildman–Crippen LogP) is -2.33. The Morgan fingerprint density at radius 1 is 0.600 bits per heavy atom. The number of hydrogen-bond donors (Lipinski definition) is 6. The van der Waals surface area contributed by atoms with Crippen molar-refractivity contribution in [3.63, 3.8) is 0 Å². The molecule has 0 saturated carbocycles. The fourth-order valence-electron chi connectivity index (χ4n) is 1.91. The van der Waals surface area contributed by atoms with E-state index in [1.54, 1.807) is 13.8 Å². The average Bonchev–Trinajstić information content (AvgIpc) is 2.35. The molecule has 2 rings (SSSR count). The number of aliphatic hydroxyl groups is 6. The molecule has 2 aliphatic rings. The van der Waals surface area contributed by atoms with Crippen LogP contribution in [-0.4, -0.2) is 79.8 Å². The molecule has 6 N–H and O–H groups in total. The fraction of sp³-hybridized carbons (Fsp3) is 1.00. The first-order chi connectivity index (χ1) is 9.22. The van der Waals surface area contributed by atoms with E-state index in [0.29, 0.717) is 0 Å². The number of ether oxygens (including phenoxy) is 2. The Hall–Kier alpha value is -0.320. The first kappa shape index (κ1) is 17.7. The number of aliphatic hydroxyl groups excluding tert-OH is 6. The van der Waals surface area contributed by atoms with Gasteiger partial charge in [-0.15, -0.1) is 0 Å². The smallest absolute Gasteiger partial charge is 0.181 e. The van der Waals surface area contributed by atoms with E-state index in [0.717, 1.165) is 0 Å². The van der Waals surface area contributed by atoms with Crippen molar-refractivity contribution in [1.82, 2.24) is 0 Å². The quantitative estimate of drug-likeness (QED) is 0.292. The van der Waals surface area contributed by atoms with Gasteiger partial charge in [-0.05, 0) is 13.8 Å². The Morgan fingerprint density at radius 3 is 1.15 bits per heavy atom. The maximum Gasteiger partial charge on any atom is 0.181 e. The van der Waals surface area contributed by atoms with Gasteiger partial charge in [-0.25, -0.2) is 0 Å². The minimum atomic E-state index is -1.14. The first-order valence-electron chi connectivity index (χ1n) is 6.61.